The lowest BCUT2D eigenvalue weighted by Gasteiger charge is -2.35. The van der Waals surface area contributed by atoms with E-state index in [1.54, 1.807) is 14.2 Å². The van der Waals surface area contributed by atoms with Crippen molar-refractivity contribution >= 4 is 17.9 Å². The van der Waals surface area contributed by atoms with Gasteiger partial charge in [0.1, 0.15) is 5.75 Å². The zero-order valence-electron chi connectivity index (χ0n) is 17.8. The van der Waals surface area contributed by atoms with Crippen molar-refractivity contribution in [2.24, 2.45) is 4.99 Å². The summed E-state index contributed by atoms with van der Waals surface area (Å²) in [4.78, 5) is 31.3. The number of nitrogens with zero attached hydrogens (tertiary/aromatic N) is 3. The highest BCUT2D eigenvalue weighted by molar-refractivity contribution is 6.01. The van der Waals surface area contributed by atoms with Crippen LogP contribution in [-0.4, -0.2) is 81.1 Å². The zero-order chi connectivity index (χ0) is 21.3. The van der Waals surface area contributed by atoms with Gasteiger partial charge in [-0.15, -0.1) is 0 Å². The fraction of sp³-hybridized carbons (Fsp3) is 0.571. The van der Waals surface area contributed by atoms with Crippen LogP contribution in [0.15, 0.2) is 29.3 Å². The van der Waals surface area contributed by atoms with Crippen molar-refractivity contribution in [2.45, 2.75) is 25.3 Å². The van der Waals surface area contributed by atoms with Crippen molar-refractivity contribution in [3.8, 4) is 5.75 Å². The van der Waals surface area contributed by atoms with E-state index in [9.17, 15) is 9.59 Å². The molecule has 164 valence electrons. The Morgan fingerprint density at radius 3 is 2.50 bits per heavy atom. The molecule has 0 spiro atoms. The van der Waals surface area contributed by atoms with Crippen LogP contribution >= 0.6 is 0 Å². The van der Waals surface area contributed by atoms with Gasteiger partial charge in [-0.05, 0) is 43.6 Å². The van der Waals surface area contributed by atoms with Crippen molar-refractivity contribution in [3.05, 3.63) is 29.8 Å². The number of ether oxygens (including phenoxy) is 1. The summed E-state index contributed by atoms with van der Waals surface area (Å²) in [6.07, 6.45) is 3.71. The molecule has 3 amide bonds. The first kappa shape index (κ1) is 21.9. The van der Waals surface area contributed by atoms with E-state index in [2.05, 4.69) is 38.0 Å². The molecule has 1 aromatic carbocycles. The molecule has 2 saturated heterocycles. The fourth-order valence-electron chi connectivity index (χ4n) is 3.90. The van der Waals surface area contributed by atoms with Crippen LogP contribution in [0.5, 0.6) is 5.75 Å². The summed E-state index contributed by atoms with van der Waals surface area (Å²) in [5.41, 5.74) is 1.24. The number of imide groups is 1. The average Bonchev–Trinajstić information content (AvgIpc) is 3.11. The van der Waals surface area contributed by atoms with E-state index in [1.165, 1.54) is 29.7 Å². The average molecular weight is 417 g/mol. The number of likely N-dealkylation sites (tertiary alicyclic amines) is 1. The molecule has 2 fully saturated rings. The van der Waals surface area contributed by atoms with Crippen molar-refractivity contribution in [2.75, 3.05) is 53.4 Å². The van der Waals surface area contributed by atoms with Crippen LogP contribution in [0, 0.1) is 0 Å². The topological polar surface area (TPSA) is 98.3 Å². The second-order valence-corrected chi connectivity index (χ2v) is 7.47. The molecule has 0 aromatic heterocycles. The highest BCUT2D eigenvalue weighted by Crippen LogP contribution is 2.25. The molecule has 0 bridgehead atoms. The Balaban J connectivity index is 1.57. The monoisotopic (exact) mass is 416 g/mol. The van der Waals surface area contributed by atoms with E-state index in [1.807, 2.05) is 12.1 Å². The lowest BCUT2D eigenvalue weighted by Crippen LogP contribution is -2.46. The summed E-state index contributed by atoms with van der Waals surface area (Å²) in [5.74, 6) is 1.30. The molecule has 0 aliphatic carbocycles. The number of hydrogen-bond acceptors (Lipinski definition) is 5. The van der Waals surface area contributed by atoms with Crippen molar-refractivity contribution in [1.82, 2.24) is 25.8 Å². The minimum absolute atomic E-state index is 0.0746. The number of carbonyl (C=O) groups is 2. The van der Waals surface area contributed by atoms with Gasteiger partial charge in [-0.2, -0.15) is 0 Å². The number of rotatable bonds is 8. The van der Waals surface area contributed by atoms with Gasteiger partial charge in [0.15, 0.2) is 5.96 Å². The molecule has 0 radical (unpaired) electrons. The number of nitrogens with one attached hydrogen (secondary N) is 3. The first-order valence-corrected chi connectivity index (χ1v) is 10.5. The van der Waals surface area contributed by atoms with Crippen LogP contribution in [0.25, 0.3) is 0 Å². The van der Waals surface area contributed by atoms with E-state index in [0.29, 0.717) is 25.6 Å². The molecule has 1 aromatic rings. The van der Waals surface area contributed by atoms with Gasteiger partial charge >= 0.3 is 6.03 Å². The van der Waals surface area contributed by atoms with Crippen LogP contribution in [-0.2, 0) is 4.79 Å². The van der Waals surface area contributed by atoms with Gasteiger partial charge in [0.05, 0.1) is 19.7 Å². The second kappa shape index (κ2) is 10.8. The summed E-state index contributed by atoms with van der Waals surface area (Å²) in [6.45, 7) is 3.68. The van der Waals surface area contributed by atoms with Crippen LogP contribution in [0.3, 0.4) is 0 Å². The molecule has 3 N–H and O–H groups in total. The maximum absolute atomic E-state index is 11.7. The van der Waals surface area contributed by atoms with Gasteiger partial charge in [0.2, 0.25) is 5.91 Å². The van der Waals surface area contributed by atoms with E-state index in [4.69, 9.17) is 4.74 Å². The van der Waals surface area contributed by atoms with Gasteiger partial charge in [0.25, 0.3) is 0 Å². The fourth-order valence-corrected chi connectivity index (χ4v) is 3.90. The van der Waals surface area contributed by atoms with E-state index in [-0.39, 0.29) is 24.5 Å². The van der Waals surface area contributed by atoms with Gasteiger partial charge in [-0.1, -0.05) is 18.6 Å². The molecule has 9 nitrogen and oxygen atoms in total. The Kier molecular flexibility index (Phi) is 7.89. The number of piperidine rings is 1. The Bertz CT molecular complexity index is 730. The van der Waals surface area contributed by atoms with Crippen LogP contribution in [0.4, 0.5) is 4.79 Å². The predicted octanol–water partition coefficient (Wildman–Crippen LogP) is 0.939. The molecular weight excluding hydrogens is 384 g/mol. The minimum atomic E-state index is -0.339. The summed E-state index contributed by atoms with van der Waals surface area (Å²) in [5, 5.41) is 9.12. The van der Waals surface area contributed by atoms with E-state index < -0.39 is 0 Å². The first-order valence-electron chi connectivity index (χ1n) is 10.5. The van der Waals surface area contributed by atoms with Gasteiger partial charge in [-0.25, -0.2) is 4.79 Å². The minimum Gasteiger partial charge on any atom is -0.497 e. The van der Waals surface area contributed by atoms with Crippen molar-refractivity contribution < 1.29 is 14.3 Å². The SMILES string of the molecule is CN=C(NCCN1C(=O)CNC1=O)NCC(c1ccc(OC)cc1)N1CCCCC1. The van der Waals surface area contributed by atoms with Crippen molar-refractivity contribution in [3.63, 3.8) is 0 Å². The Hall–Kier alpha value is -2.81. The molecule has 30 heavy (non-hydrogen) atoms. The molecule has 2 aliphatic rings. The maximum atomic E-state index is 11.7. The molecule has 9 heteroatoms. The third-order valence-electron chi connectivity index (χ3n) is 5.58. The number of amides is 3. The van der Waals surface area contributed by atoms with Crippen molar-refractivity contribution in [1.29, 1.82) is 0 Å². The number of benzene rings is 1. The van der Waals surface area contributed by atoms with Gasteiger partial charge < -0.3 is 20.7 Å². The van der Waals surface area contributed by atoms with E-state index in [0.717, 1.165) is 18.8 Å². The first-order chi connectivity index (χ1) is 14.6. The summed E-state index contributed by atoms with van der Waals surface area (Å²) >= 11 is 0. The molecule has 0 saturated carbocycles. The largest absolute Gasteiger partial charge is 0.497 e. The van der Waals surface area contributed by atoms with Gasteiger partial charge in [0, 0.05) is 26.7 Å². The highest BCUT2D eigenvalue weighted by Gasteiger charge is 2.28. The zero-order valence-corrected chi connectivity index (χ0v) is 17.8. The lowest BCUT2D eigenvalue weighted by atomic mass is 10.0. The number of guanidine groups is 1. The van der Waals surface area contributed by atoms with Gasteiger partial charge in [-0.3, -0.25) is 19.6 Å². The number of urea groups is 1. The highest BCUT2D eigenvalue weighted by atomic mass is 16.5. The molecule has 2 aliphatic heterocycles. The van der Waals surface area contributed by atoms with Crippen LogP contribution < -0.4 is 20.7 Å². The second-order valence-electron chi connectivity index (χ2n) is 7.47. The molecule has 1 unspecified atom stereocenters. The number of aliphatic imine (C=N–C) groups is 1. The summed E-state index contributed by atoms with van der Waals surface area (Å²) in [7, 11) is 3.39. The lowest BCUT2D eigenvalue weighted by molar-refractivity contribution is -0.124. The normalized spacial score (nSPS) is 18.9. The third kappa shape index (κ3) is 5.63. The predicted molar refractivity (Wildman–Crippen MR) is 116 cm³/mol. The molecule has 3 rings (SSSR count). The Labute approximate surface area is 177 Å². The summed E-state index contributed by atoms with van der Waals surface area (Å²) < 4.78 is 5.30. The number of methoxy groups -OCH3 is 1. The summed E-state index contributed by atoms with van der Waals surface area (Å²) in [6, 6.07) is 8.12. The Morgan fingerprint density at radius 2 is 1.90 bits per heavy atom. The smallest absolute Gasteiger partial charge is 0.324 e. The number of hydrogen-bond donors (Lipinski definition) is 3. The molecular formula is C21H32N6O3. The third-order valence-corrected chi connectivity index (χ3v) is 5.58. The number of carbonyl (C=O) groups excluding carboxylic acids is 2. The van der Waals surface area contributed by atoms with E-state index >= 15 is 0 Å². The van der Waals surface area contributed by atoms with Crippen LogP contribution in [0.1, 0.15) is 30.9 Å². The molecule has 1 atom stereocenters. The molecule has 2 heterocycles. The maximum Gasteiger partial charge on any atom is 0.324 e. The Morgan fingerprint density at radius 1 is 1.17 bits per heavy atom. The standard InChI is InChI=1S/C21H32N6O3/c1-22-20(23-10-13-27-19(28)15-25-21(27)29)24-14-18(26-11-4-3-5-12-26)16-6-8-17(30-2)9-7-16/h6-9,18H,3-5,10-15H2,1-2H3,(H,25,29)(H2,22,23,24). The van der Waals surface area contributed by atoms with Crippen LogP contribution in [0.2, 0.25) is 0 Å². The quantitative estimate of drug-likeness (QED) is 0.331.